The summed E-state index contributed by atoms with van der Waals surface area (Å²) in [5, 5.41) is 24.6. The molecular formula is C31H27ClN2O4S. The number of rotatable bonds is 3. The molecule has 8 heteroatoms. The maximum atomic E-state index is 13.7. The molecule has 3 heterocycles. The number of phenolic OH excluding ortho intramolecular Hbond substituents is 2. The molecule has 0 spiro atoms. The van der Waals surface area contributed by atoms with Crippen LogP contribution in [-0.4, -0.2) is 41.0 Å². The highest BCUT2D eigenvalue weighted by molar-refractivity contribution is 7.16. The fraction of sp³-hybridized carbons (Fsp3) is 0.226. The van der Waals surface area contributed by atoms with Gasteiger partial charge in [0.1, 0.15) is 11.5 Å². The van der Waals surface area contributed by atoms with Gasteiger partial charge in [-0.25, -0.2) is 0 Å². The Hall–Kier alpha value is -3.81. The van der Waals surface area contributed by atoms with Crippen molar-refractivity contribution < 1.29 is 19.8 Å². The average molecular weight is 559 g/mol. The Labute approximate surface area is 234 Å². The molecule has 1 unspecified atom stereocenters. The van der Waals surface area contributed by atoms with Crippen molar-refractivity contribution in [3.63, 3.8) is 0 Å². The summed E-state index contributed by atoms with van der Waals surface area (Å²) in [6, 6.07) is 14.3. The number of carbonyl (C=O) groups is 2. The third kappa shape index (κ3) is 3.91. The van der Waals surface area contributed by atoms with E-state index in [1.54, 1.807) is 34.1 Å². The summed E-state index contributed by atoms with van der Waals surface area (Å²) in [7, 11) is 0. The number of alkyl halides is 1. The van der Waals surface area contributed by atoms with Crippen molar-refractivity contribution in [2.45, 2.75) is 26.2 Å². The standard InChI is InChI=1S/C31H27ClN2O4S/c1-3-18-19(4-2)29-17(15-32)16-34(24(29)14-25(18)35)31(38)28-10-9-27(39-28)30(37)33-12-11-21-20-7-5-6-8-22(20)26(36)13-23(21)33/h3-10,13-14,17,35-36H,11-12,15-16H2,1-2H3/b18-3+,19-4+. The smallest absolute Gasteiger partial charge is 0.268 e. The lowest BCUT2D eigenvalue weighted by molar-refractivity contribution is 0.0986. The van der Waals surface area contributed by atoms with Crippen molar-refractivity contribution >= 4 is 69.1 Å². The van der Waals surface area contributed by atoms with Crippen molar-refractivity contribution in [1.82, 2.24) is 0 Å². The van der Waals surface area contributed by atoms with E-state index in [4.69, 9.17) is 11.6 Å². The molecule has 2 amide bonds. The van der Waals surface area contributed by atoms with Crippen molar-refractivity contribution in [1.29, 1.82) is 0 Å². The highest BCUT2D eigenvalue weighted by Gasteiger charge is 2.35. The van der Waals surface area contributed by atoms with Crippen LogP contribution in [0.3, 0.4) is 0 Å². The highest BCUT2D eigenvalue weighted by atomic mass is 35.5. The van der Waals surface area contributed by atoms with E-state index < -0.39 is 0 Å². The molecular weight excluding hydrogens is 532 g/mol. The molecule has 6 rings (SSSR count). The van der Waals surface area contributed by atoms with E-state index in [1.807, 2.05) is 50.3 Å². The fourth-order valence-corrected chi connectivity index (χ4v) is 7.15. The summed E-state index contributed by atoms with van der Waals surface area (Å²) < 4.78 is 0. The Balaban J connectivity index is 1.33. The van der Waals surface area contributed by atoms with Gasteiger partial charge in [0.15, 0.2) is 0 Å². The molecule has 4 aromatic rings. The quantitative estimate of drug-likeness (QED) is 0.343. The number of aromatic hydroxyl groups is 2. The monoisotopic (exact) mass is 558 g/mol. The van der Waals surface area contributed by atoms with E-state index in [0.717, 1.165) is 43.7 Å². The van der Waals surface area contributed by atoms with Gasteiger partial charge < -0.3 is 20.0 Å². The summed E-state index contributed by atoms with van der Waals surface area (Å²) in [4.78, 5) is 31.5. The first kappa shape index (κ1) is 25.5. The van der Waals surface area contributed by atoms with Crippen LogP contribution in [0.2, 0.25) is 0 Å². The maximum absolute atomic E-state index is 13.7. The van der Waals surface area contributed by atoms with Gasteiger partial charge in [-0.15, -0.1) is 22.9 Å². The Bertz CT molecular complexity index is 1790. The van der Waals surface area contributed by atoms with Crippen molar-refractivity contribution in [3.05, 3.63) is 79.8 Å². The SMILES string of the molecule is C/C=c1/c2c(cc(O)/c1=C/C)N(C(=O)c1ccc(C(=O)N3CCc4c3cc(O)c3ccccc43)s1)CC2CCl. The molecule has 2 aliphatic rings. The molecule has 0 bridgehead atoms. The molecule has 2 N–H and O–H groups in total. The number of phenols is 2. The van der Waals surface area contributed by atoms with Crippen LogP contribution >= 0.6 is 22.9 Å². The number of thiophene rings is 1. The topological polar surface area (TPSA) is 81.1 Å². The van der Waals surface area contributed by atoms with Crippen LogP contribution in [0.5, 0.6) is 11.5 Å². The predicted molar refractivity (Wildman–Crippen MR) is 158 cm³/mol. The summed E-state index contributed by atoms with van der Waals surface area (Å²) in [6.45, 7) is 4.69. The van der Waals surface area contributed by atoms with E-state index in [0.29, 0.717) is 46.5 Å². The van der Waals surface area contributed by atoms with E-state index in [2.05, 4.69) is 0 Å². The van der Waals surface area contributed by atoms with Crippen molar-refractivity contribution in [3.8, 4) is 11.5 Å². The zero-order valence-corrected chi connectivity index (χ0v) is 23.1. The lowest BCUT2D eigenvalue weighted by Gasteiger charge is -2.18. The van der Waals surface area contributed by atoms with Crippen LogP contribution in [-0.2, 0) is 6.42 Å². The van der Waals surface area contributed by atoms with Crippen LogP contribution in [0.15, 0.2) is 48.5 Å². The molecule has 0 radical (unpaired) electrons. The lowest BCUT2D eigenvalue weighted by atomic mass is 9.98. The summed E-state index contributed by atoms with van der Waals surface area (Å²) in [5.74, 6) is 0.104. The maximum Gasteiger partial charge on any atom is 0.268 e. The van der Waals surface area contributed by atoms with Crippen molar-refractivity contribution in [2.75, 3.05) is 28.8 Å². The van der Waals surface area contributed by atoms with Gasteiger partial charge >= 0.3 is 0 Å². The third-order valence-electron chi connectivity index (χ3n) is 7.78. The molecule has 3 aromatic carbocycles. The molecule has 0 fully saturated rings. The second kappa shape index (κ2) is 9.74. The Morgan fingerprint density at radius 2 is 1.56 bits per heavy atom. The van der Waals surface area contributed by atoms with Gasteiger partial charge in [0.05, 0.1) is 21.1 Å². The molecule has 1 aromatic heterocycles. The van der Waals surface area contributed by atoms with E-state index in [-0.39, 0.29) is 29.2 Å². The first-order valence-electron chi connectivity index (χ1n) is 12.9. The first-order valence-corrected chi connectivity index (χ1v) is 14.2. The van der Waals surface area contributed by atoms with Gasteiger partial charge in [-0.05, 0) is 54.1 Å². The lowest BCUT2D eigenvalue weighted by Crippen LogP contribution is -2.30. The molecule has 0 saturated heterocycles. The van der Waals surface area contributed by atoms with Gasteiger partial charge in [0, 0.05) is 47.6 Å². The zero-order chi connectivity index (χ0) is 27.4. The molecule has 0 aliphatic carbocycles. The van der Waals surface area contributed by atoms with Gasteiger partial charge in [0.2, 0.25) is 0 Å². The largest absolute Gasteiger partial charge is 0.507 e. The van der Waals surface area contributed by atoms with E-state index >= 15 is 0 Å². The van der Waals surface area contributed by atoms with Gasteiger partial charge in [-0.3, -0.25) is 9.59 Å². The normalized spacial score (nSPS) is 17.3. The first-order chi connectivity index (χ1) is 18.9. The predicted octanol–water partition coefficient (Wildman–Crippen LogP) is 5.10. The second-order valence-electron chi connectivity index (χ2n) is 9.81. The Morgan fingerprint density at radius 1 is 0.923 bits per heavy atom. The number of nitrogens with zero attached hydrogens (tertiary/aromatic N) is 2. The summed E-state index contributed by atoms with van der Waals surface area (Å²) >= 11 is 7.49. The number of amides is 2. The zero-order valence-electron chi connectivity index (χ0n) is 21.6. The van der Waals surface area contributed by atoms with Gasteiger partial charge in [0.25, 0.3) is 11.8 Å². The summed E-state index contributed by atoms with van der Waals surface area (Å²) in [5.41, 5.74) is 3.36. The van der Waals surface area contributed by atoms with Gasteiger partial charge in [-0.1, -0.05) is 36.4 Å². The third-order valence-corrected chi connectivity index (χ3v) is 9.21. The number of hydrogen-bond donors (Lipinski definition) is 2. The van der Waals surface area contributed by atoms with E-state index in [1.165, 1.54) is 0 Å². The van der Waals surface area contributed by atoms with Crippen LogP contribution in [0.1, 0.15) is 50.2 Å². The number of carbonyl (C=O) groups excluding carboxylic acids is 2. The fourth-order valence-electron chi connectivity index (χ4n) is 6.00. The second-order valence-corrected chi connectivity index (χ2v) is 11.2. The van der Waals surface area contributed by atoms with E-state index in [9.17, 15) is 19.8 Å². The summed E-state index contributed by atoms with van der Waals surface area (Å²) in [6.07, 6.45) is 4.50. The molecule has 39 heavy (non-hydrogen) atoms. The Kier molecular flexibility index (Phi) is 6.36. The minimum absolute atomic E-state index is 0.0687. The average Bonchev–Trinajstić information content (AvgIpc) is 3.69. The highest BCUT2D eigenvalue weighted by Crippen LogP contribution is 2.41. The number of hydrogen-bond acceptors (Lipinski definition) is 5. The number of fused-ring (bicyclic) bond motifs is 4. The molecule has 2 aliphatic heterocycles. The molecule has 1 atom stereocenters. The minimum Gasteiger partial charge on any atom is -0.507 e. The number of anilines is 2. The van der Waals surface area contributed by atoms with Crippen molar-refractivity contribution in [2.24, 2.45) is 0 Å². The molecule has 198 valence electrons. The Morgan fingerprint density at radius 3 is 2.23 bits per heavy atom. The van der Waals surface area contributed by atoms with Gasteiger partial charge in [-0.2, -0.15) is 0 Å². The molecule has 6 nitrogen and oxygen atoms in total. The number of halogens is 1. The van der Waals surface area contributed by atoms with Crippen LogP contribution < -0.4 is 20.2 Å². The minimum atomic E-state index is -0.229. The van der Waals surface area contributed by atoms with Crippen LogP contribution in [0.4, 0.5) is 11.4 Å². The van der Waals surface area contributed by atoms with Crippen LogP contribution in [0.25, 0.3) is 22.9 Å². The molecule has 0 saturated carbocycles. The number of benzene rings is 3. The van der Waals surface area contributed by atoms with Crippen LogP contribution in [0, 0.1) is 0 Å².